The predicted molar refractivity (Wildman–Crippen MR) is 90.0 cm³/mol. The van der Waals surface area contributed by atoms with Crippen LogP contribution in [0.3, 0.4) is 0 Å². The Bertz CT molecular complexity index is 734. The highest BCUT2D eigenvalue weighted by Crippen LogP contribution is 2.21. The summed E-state index contributed by atoms with van der Waals surface area (Å²) in [6, 6.07) is 11.5. The van der Waals surface area contributed by atoms with Crippen LogP contribution in [-0.4, -0.2) is 18.5 Å². The summed E-state index contributed by atoms with van der Waals surface area (Å²) in [5, 5.41) is 3.79. The van der Waals surface area contributed by atoms with E-state index in [4.69, 9.17) is 39.5 Å². The molecule has 1 N–H and O–H groups in total. The molecule has 0 aliphatic rings. The molecule has 0 radical (unpaired) electrons. The van der Waals surface area contributed by atoms with E-state index in [0.29, 0.717) is 16.6 Å². The molecular formula is C16H12Cl3NO3. The SMILES string of the molecule is O=C(COC(=O)c1ccc(Cl)cc1Cl)NCc1cccc(Cl)c1. The van der Waals surface area contributed by atoms with Gasteiger partial charge in [-0.1, -0.05) is 46.9 Å². The third-order valence-electron chi connectivity index (χ3n) is 2.86. The van der Waals surface area contributed by atoms with Gasteiger partial charge in [0, 0.05) is 16.6 Å². The zero-order valence-electron chi connectivity index (χ0n) is 11.8. The third-order valence-corrected chi connectivity index (χ3v) is 3.65. The van der Waals surface area contributed by atoms with Crippen LogP contribution in [0.4, 0.5) is 0 Å². The van der Waals surface area contributed by atoms with Crippen molar-refractivity contribution in [3.63, 3.8) is 0 Å². The van der Waals surface area contributed by atoms with Crippen LogP contribution in [0.15, 0.2) is 42.5 Å². The predicted octanol–water partition coefficient (Wildman–Crippen LogP) is 4.12. The van der Waals surface area contributed by atoms with Crippen molar-refractivity contribution in [1.82, 2.24) is 5.32 Å². The van der Waals surface area contributed by atoms with Gasteiger partial charge < -0.3 is 10.1 Å². The average molecular weight is 373 g/mol. The van der Waals surface area contributed by atoms with Crippen molar-refractivity contribution in [2.75, 3.05) is 6.61 Å². The van der Waals surface area contributed by atoms with Gasteiger partial charge in [-0.05, 0) is 35.9 Å². The Morgan fingerprint density at radius 2 is 1.74 bits per heavy atom. The molecule has 0 bridgehead atoms. The molecule has 4 nitrogen and oxygen atoms in total. The molecule has 0 aliphatic heterocycles. The van der Waals surface area contributed by atoms with Crippen molar-refractivity contribution in [1.29, 1.82) is 0 Å². The molecule has 1 amide bonds. The molecule has 0 heterocycles. The summed E-state index contributed by atoms with van der Waals surface area (Å²) in [6.45, 7) is -0.114. The van der Waals surface area contributed by atoms with Crippen molar-refractivity contribution in [2.45, 2.75) is 6.54 Å². The largest absolute Gasteiger partial charge is 0.452 e. The molecule has 0 atom stereocenters. The van der Waals surface area contributed by atoms with Gasteiger partial charge in [0.1, 0.15) is 0 Å². The van der Waals surface area contributed by atoms with Crippen molar-refractivity contribution in [3.05, 3.63) is 68.7 Å². The average Bonchev–Trinajstić information content (AvgIpc) is 2.50. The lowest BCUT2D eigenvalue weighted by molar-refractivity contribution is -0.124. The Balaban J connectivity index is 1.83. The Morgan fingerprint density at radius 3 is 2.43 bits per heavy atom. The number of rotatable bonds is 5. The summed E-state index contributed by atoms with van der Waals surface area (Å²) in [5.74, 6) is -1.12. The molecule has 2 rings (SSSR count). The van der Waals surface area contributed by atoms with E-state index in [1.165, 1.54) is 18.2 Å². The first-order valence-electron chi connectivity index (χ1n) is 6.59. The normalized spacial score (nSPS) is 10.2. The van der Waals surface area contributed by atoms with Crippen LogP contribution < -0.4 is 5.32 Å². The first-order chi connectivity index (χ1) is 11.0. The quantitative estimate of drug-likeness (QED) is 0.803. The van der Waals surface area contributed by atoms with Crippen LogP contribution in [0.2, 0.25) is 15.1 Å². The lowest BCUT2D eigenvalue weighted by Crippen LogP contribution is -2.28. The van der Waals surface area contributed by atoms with Gasteiger partial charge in [-0.15, -0.1) is 0 Å². The first kappa shape index (κ1) is 17.6. The molecule has 0 aromatic heterocycles. The summed E-state index contributed by atoms with van der Waals surface area (Å²) in [7, 11) is 0. The van der Waals surface area contributed by atoms with E-state index in [-0.39, 0.29) is 10.6 Å². The summed E-state index contributed by atoms with van der Waals surface area (Å²) >= 11 is 17.5. The Kier molecular flexibility index (Phi) is 6.28. The molecule has 2 aromatic rings. The van der Waals surface area contributed by atoms with Crippen LogP contribution in [0, 0.1) is 0 Å². The van der Waals surface area contributed by atoms with Crippen LogP contribution in [0.5, 0.6) is 0 Å². The highest BCUT2D eigenvalue weighted by Gasteiger charge is 2.14. The number of amides is 1. The number of hydrogen-bond donors (Lipinski definition) is 1. The second-order valence-electron chi connectivity index (χ2n) is 4.61. The topological polar surface area (TPSA) is 55.4 Å². The fourth-order valence-corrected chi connectivity index (χ4v) is 2.46. The van der Waals surface area contributed by atoms with E-state index in [0.717, 1.165) is 5.56 Å². The molecule has 0 aliphatic carbocycles. The maximum Gasteiger partial charge on any atom is 0.340 e. The van der Waals surface area contributed by atoms with Gasteiger partial charge in [0.2, 0.25) is 0 Å². The number of halogens is 3. The first-order valence-corrected chi connectivity index (χ1v) is 7.72. The summed E-state index contributed by atoms with van der Waals surface area (Å²) in [6.07, 6.45) is 0. The molecule has 23 heavy (non-hydrogen) atoms. The number of hydrogen-bond acceptors (Lipinski definition) is 3. The standard InChI is InChI=1S/C16H12Cl3NO3/c17-11-3-1-2-10(6-11)8-20-15(21)9-23-16(22)13-5-4-12(18)7-14(13)19/h1-7H,8-9H2,(H,20,21). The van der Waals surface area contributed by atoms with Gasteiger partial charge >= 0.3 is 5.97 Å². The zero-order chi connectivity index (χ0) is 16.8. The van der Waals surface area contributed by atoms with Gasteiger partial charge in [0.15, 0.2) is 6.61 Å². The molecule has 0 saturated carbocycles. The Morgan fingerprint density at radius 1 is 1.00 bits per heavy atom. The number of carbonyl (C=O) groups is 2. The van der Waals surface area contributed by atoms with E-state index < -0.39 is 18.5 Å². The second kappa shape index (κ2) is 8.20. The van der Waals surface area contributed by atoms with Crippen molar-refractivity contribution in [2.24, 2.45) is 0 Å². The number of esters is 1. The zero-order valence-corrected chi connectivity index (χ0v) is 14.1. The molecule has 2 aromatic carbocycles. The molecule has 0 fully saturated rings. The Hall–Kier alpha value is -1.75. The highest BCUT2D eigenvalue weighted by molar-refractivity contribution is 6.36. The van der Waals surface area contributed by atoms with E-state index in [1.807, 2.05) is 6.07 Å². The maximum atomic E-state index is 11.9. The third kappa shape index (κ3) is 5.43. The van der Waals surface area contributed by atoms with E-state index in [1.54, 1.807) is 18.2 Å². The smallest absolute Gasteiger partial charge is 0.340 e. The van der Waals surface area contributed by atoms with E-state index in [2.05, 4.69) is 5.32 Å². The highest BCUT2D eigenvalue weighted by atomic mass is 35.5. The van der Waals surface area contributed by atoms with Crippen molar-refractivity contribution in [3.8, 4) is 0 Å². The summed E-state index contributed by atoms with van der Waals surface area (Å²) < 4.78 is 4.92. The van der Waals surface area contributed by atoms with Crippen molar-refractivity contribution >= 4 is 46.7 Å². The maximum absolute atomic E-state index is 11.9. The van der Waals surface area contributed by atoms with Crippen LogP contribution in [0.25, 0.3) is 0 Å². The van der Waals surface area contributed by atoms with Crippen LogP contribution in [-0.2, 0) is 16.1 Å². The van der Waals surface area contributed by atoms with E-state index >= 15 is 0 Å². The Labute approximate surface area is 148 Å². The molecule has 120 valence electrons. The number of nitrogens with one attached hydrogen (secondary N) is 1. The molecule has 0 unspecified atom stereocenters. The molecule has 0 saturated heterocycles. The van der Waals surface area contributed by atoms with Gasteiger partial charge in [-0.3, -0.25) is 4.79 Å². The van der Waals surface area contributed by atoms with E-state index in [9.17, 15) is 9.59 Å². The number of benzene rings is 2. The molecule has 7 heteroatoms. The van der Waals surface area contributed by atoms with Crippen LogP contribution >= 0.6 is 34.8 Å². The van der Waals surface area contributed by atoms with Gasteiger partial charge in [-0.25, -0.2) is 4.79 Å². The number of ether oxygens (including phenoxy) is 1. The van der Waals surface area contributed by atoms with Crippen LogP contribution in [0.1, 0.15) is 15.9 Å². The van der Waals surface area contributed by atoms with Gasteiger partial charge in [-0.2, -0.15) is 0 Å². The van der Waals surface area contributed by atoms with Gasteiger partial charge in [0.05, 0.1) is 10.6 Å². The second-order valence-corrected chi connectivity index (χ2v) is 5.89. The molecular weight excluding hydrogens is 361 g/mol. The minimum absolute atomic E-state index is 0.152. The molecule has 0 spiro atoms. The summed E-state index contributed by atoms with van der Waals surface area (Å²) in [4.78, 5) is 23.6. The fourth-order valence-electron chi connectivity index (χ4n) is 1.76. The lowest BCUT2D eigenvalue weighted by Gasteiger charge is -2.08. The van der Waals surface area contributed by atoms with Gasteiger partial charge in [0.25, 0.3) is 5.91 Å². The summed E-state index contributed by atoms with van der Waals surface area (Å²) in [5.41, 5.74) is 0.997. The monoisotopic (exact) mass is 371 g/mol. The number of carbonyl (C=O) groups excluding carboxylic acids is 2. The minimum atomic E-state index is -0.690. The lowest BCUT2D eigenvalue weighted by atomic mass is 10.2. The fraction of sp³-hybridized carbons (Fsp3) is 0.125. The minimum Gasteiger partial charge on any atom is -0.452 e. The van der Waals surface area contributed by atoms with Crippen molar-refractivity contribution < 1.29 is 14.3 Å².